The van der Waals surface area contributed by atoms with Crippen molar-refractivity contribution in [1.82, 2.24) is 5.32 Å². The minimum Gasteiger partial charge on any atom is -0.496 e. The second-order valence-corrected chi connectivity index (χ2v) is 5.16. The SMILES string of the molecule is COc1cccc(OC)c1C(=O)NCC(Cl)C1CC1. The summed E-state index contributed by atoms with van der Waals surface area (Å²) in [6, 6.07) is 5.25. The second kappa shape index (κ2) is 6.15. The van der Waals surface area contributed by atoms with Gasteiger partial charge in [0.2, 0.25) is 0 Å². The van der Waals surface area contributed by atoms with Crippen LogP contribution in [0, 0.1) is 5.92 Å². The van der Waals surface area contributed by atoms with Gasteiger partial charge >= 0.3 is 0 Å². The van der Waals surface area contributed by atoms with Crippen LogP contribution in [0.25, 0.3) is 0 Å². The van der Waals surface area contributed by atoms with Gasteiger partial charge in [0, 0.05) is 6.54 Å². The molecule has 0 aromatic heterocycles. The maximum Gasteiger partial charge on any atom is 0.258 e. The van der Waals surface area contributed by atoms with E-state index in [1.807, 2.05) is 0 Å². The van der Waals surface area contributed by atoms with Crippen LogP contribution in [0.5, 0.6) is 11.5 Å². The molecule has 19 heavy (non-hydrogen) atoms. The summed E-state index contributed by atoms with van der Waals surface area (Å²) in [4.78, 5) is 12.2. The highest BCUT2D eigenvalue weighted by Crippen LogP contribution is 2.35. The van der Waals surface area contributed by atoms with Crippen LogP contribution in [0.15, 0.2) is 18.2 Å². The standard InChI is InChI=1S/C14H18ClNO3/c1-18-11-4-3-5-12(19-2)13(11)14(17)16-8-10(15)9-6-7-9/h3-5,9-10H,6-8H2,1-2H3,(H,16,17). The number of carbonyl (C=O) groups excluding carboxylic acids is 1. The van der Waals surface area contributed by atoms with Crippen LogP contribution in [-0.4, -0.2) is 32.0 Å². The lowest BCUT2D eigenvalue weighted by Crippen LogP contribution is -2.31. The van der Waals surface area contributed by atoms with Crippen molar-refractivity contribution in [3.8, 4) is 11.5 Å². The summed E-state index contributed by atoms with van der Waals surface area (Å²) >= 11 is 6.18. The molecule has 1 aromatic carbocycles. The molecular weight excluding hydrogens is 266 g/mol. The van der Waals surface area contributed by atoms with E-state index in [9.17, 15) is 4.79 Å². The summed E-state index contributed by atoms with van der Waals surface area (Å²) in [5.41, 5.74) is 0.409. The highest BCUT2D eigenvalue weighted by Gasteiger charge is 2.30. The quantitative estimate of drug-likeness (QED) is 0.816. The number of hydrogen-bond acceptors (Lipinski definition) is 3. The van der Waals surface area contributed by atoms with E-state index in [0.29, 0.717) is 29.5 Å². The fourth-order valence-corrected chi connectivity index (χ4v) is 2.31. The summed E-state index contributed by atoms with van der Waals surface area (Å²) in [6.45, 7) is 0.465. The topological polar surface area (TPSA) is 47.6 Å². The monoisotopic (exact) mass is 283 g/mol. The number of benzene rings is 1. The van der Waals surface area contributed by atoms with E-state index in [4.69, 9.17) is 21.1 Å². The molecule has 5 heteroatoms. The van der Waals surface area contributed by atoms with Gasteiger partial charge in [-0.1, -0.05) is 6.07 Å². The number of ether oxygens (including phenoxy) is 2. The minimum atomic E-state index is -0.222. The predicted molar refractivity (Wildman–Crippen MR) is 74.2 cm³/mol. The van der Waals surface area contributed by atoms with Crippen molar-refractivity contribution in [2.45, 2.75) is 18.2 Å². The highest BCUT2D eigenvalue weighted by atomic mass is 35.5. The maximum absolute atomic E-state index is 12.2. The molecular formula is C14H18ClNO3. The molecule has 4 nitrogen and oxygen atoms in total. The molecule has 0 bridgehead atoms. The molecule has 104 valence electrons. The lowest BCUT2D eigenvalue weighted by atomic mass is 10.1. The van der Waals surface area contributed by atoms with Crippen LogP contribution in [0.1, 0.15) is 23.2 Å². The van der Waals surface area contributed by atoms with Crippen molar-refractivity contribution in [2.24, 2.45) is 5.92 Å². The molecule has 1 aliphatic carbocycles. The van der Waals surface area contributed by atoms with E-state index in [2.05, 4.69) is 5.32 Å². The fourth-order valence-electron chi connectivity index (χ4n) is 1.98. The molecule has 1 amide bonds. The number of amides is 1. The van der Waals surface area contributed by atoms with Crippen molar-refractivity contribution >= 4 is 17.5 Å². The number of alkyl halides is 1. The van der Waals surface area contributed by atoms with Gasteiger partial charge in [0.15, 0.2) is 0 Å². The third kappa shape index (κ3) is 3.32. The van der Waals surface area contributed by atoms with Gasteiger partial charge in [-0.25, -0.2) is 0 Å². The third-order valence-electron chi connectivity index (χ3n) is 3.25. The first kappa shape index (κ1) is 14.0. The summed E-state index contributed by atoms with van der Waals surface area (Å²) < 4.78 is 10.4. The zero-order chi connectivity index (χ0) is 13.8. The molecule has 0 aliphatic heterocycles. The Labute approximate surface area is 118 Å². The maximum atomic E-state index is 12.2. The average Bonchev–Trinajstić information content (AvgIpc) is 3.27. The van der Waals surface area contributed by atoms with Crippen molar-refractivity contribution in [3.63, 3.8) is 0 Å². The Balaban J connectivity index is 2.08. The summed E-state index contributed by atoms with van der Waals surface area (Å²) in [6.07, 6.45) is 2.31. The number of nitrogens with one attached hydrogen (secondary N) is 1. The van der Waals surface area contributed by atoms with E-state index >= 15 is 0 Å². The first-order chi connectivity index (χ1) is 9.17. The molecule has 0 saturated heterocycles. The largest absolute Gasteiger partial charge is 0.496 e. The Bertz CT molecular complexity index is 438. The number of halogens is 1. The minimum absolute atomic E-state index is 0.00431. The van der Waals surface area contributed by atoms with E-state index < -0.39 is 0 Å². The van der Waals surface area contributed by atoms with Crippen LogP contribution in [0.4, 0.5) is 0 Å². The van der Waals surface area contributed by atoms with Gasteiger partial charge in [-0.05, 0) is 30.9 Å². The van der Waals surface area contributed by atoms with Crippen molar-refractivity contribution in [2.75, 3.05) is 20.8 Å². The third-order valence-corrected chi connectivity index (χ3v) is 3.76. The van der Waals surface area contributed by atoms with Crippen LogP contribution < -0.4 is 14.8 Å². The fraction of sp³-hybridized carbons (Fsp3) is 0.500. The van der Waals surface area contributed by atoms with Crippen LogP contribution in [0.3, 0.4) is 0 Å². The Hall–Kier alpha value is -1.42. The Morgan fingerprint density at radius 1 is 1.37 bits per heavy atom. The lowest BCUT2D eigenvalue weighted by molar-refractivity contribution is 0.0946. The molecule has 0 radical (unpaired) electrons. The summed E-state index contributed by atoms with van der Waals surface area (Å²) in [5.74, 6) is 1.31. The highest BCUT2D eigenvalue weighted by molar-refractivity contribution is 6.21. The van der Waals surface area contributed by atoms with E-state index in [-0.39, 0.29) is 11.3 Å². The van der Waals surface area contributed by atoms with E-state index in [0.717, 1.165) is 12.8 Å². The van der Waals surface area contributed by atoms with Gasteiger partial charge in [-0.3, -0.25) is 4.79 Å². The van der Waals surface area contributed by atoms with E-state index in [1.54, 1.807) is 18.2 Å². The Morgan fingerprint density at radius 2 is 1.95 bits per heavy atom. The molecule has 1 N–H and O–H groups in total. The smallest absolute Gasteiger partial charge is 0.258 e. The average molecular weight is 284 g/mol. The number of carbonyl (C=O) groups is 1. The van der Waals surface area contributed by atoms with Crippen molar-refractivity contribution < 1.29 is 14.3 Å². The van der Waals surface area contributed by atoms with Crippen LogP contribution in [-0.2, 0) is 0 Å². The Morgan fingerprint density at radius 3 is 2.42 bits per heavy atom. The molecule has 1 fully saturated rings. The molecule has 0 heterocycles. The predicted octanol–water partition coefficient (Wildman–Crippen LogP) is 2.45. The molecule has 1 atom stereocenters. The molecule has 1 saturated carbocycles. The van der Waals surface area contributed by atoms with Crippen LogP contribution in [0.2, 0.25) is 0 Å². The number of methoxy groups -OCH3 is 2. The van der Waals surface area contributed by atoms with Gasteiger partial charge in [0.1, 0.15) is 17.1 Å². The molecule has 1 aliphatic rings. The van der Waals surface area contributed by atoms with Crippen molar-refractivity contribution in [1.29, 1.82) is 0 Å². The second-order valence-electron chi connectivity index (χ2n) is 4.60. The van der Waals surface area contributed by atoms with Gasteiger partial charge in [0.05, 0.1) is 19.6 Å². The van der Waals surface area contributed by atoms with Gasteiger partial charge < -0.3 is 14.8 Å². The zero-order valence-electron chi connectivity index (χ0n) is 11.1. The first-order valence-electron chi connectivity index (χ1n) is 6.30. The van der Waals surface area contributed by atoms with Gasteiger partial charge in [0.25, 0.3) is 5.91 Å². The number of hydrogen-bond donors (Lipinski definition) is 1. The summed E-state index contributed by atoms with van der Waals surface area (Å²) in [7, 11) is 3.06. The summed E-state index contributed by atoms with van der Waals surface area (Å²) in [5, 5.41) is 2.84. The number of rotatable bonds is 6. The Kier molecular flexibility index (Phi) is 4.53. The first-order valence-corrected chi connectivity index (χ1v) is 6.74. The van der Waals surface area contributed by atoms with E-state index in [1.165, 1.54) is 14.2 Å². The van der Waals surface area contributed by atoms with Crippen LogP contribution >= 0.6 is 11.6 Å². The lowest BCUT2D eigenvalue weighted by Gasteiger charge is -2.14. The molecule has 1 unspecified atom stereocenters. The van der Waals surface area contributed by atoms with Gasteiger partial charge in [-0.2, -0.15) is 0 Å². The van der Waals surface area contributed by atoms with Crippen molar-refractivity contribution in [3.05, 3.63) is 23.8 Å². The normalized spacial score (nSPS) is 15.7. The molecule has 1 aromatic rings. The zero-order valence-corrected chi connectivity index (χ0v) is 11.9. The molecule has 0 spiro atoms. The molecule has 2 rings (SSSR count). The van der Waals surface area contributed by atoms with Gasteiger partial charge in [-0.15, -0.1) is 11.6 Å².